The minimum Gasteiger partial charge on any atom is -0.384 e. The molecule has 2 rings (SSSR count). The molecule has 0 saturated heterocycles. The highest BCUT2D eigenvalue weighted by Crippen LogP contribution is 2.21. The molecule has 5 heteroatoms. The van der Waals surface area contributed by atoms with E-state index < -0.39 is 0 Å². The van der Waals surface area contributed by atoms with Crippen molar-refractivity contribution in [3.05, 3.63) is 22.4 Å². The average Bonchev–Trinajstić information content (AvgIpc) is 2.48. The van der Waals surface area contributed by atoms with Gasteiger partial charge in [0.25, 0.3) is 0 Å². The fraction of sp³-hybridized carbons (Fsp3) is 0.333. The Morgan fingerprint density at radius 1 is 1.50 bits per heavy atom. The molecule has 74 valence electrons. The van der Waals surface area contributed by atoms with Crippen LogP contribution in [0.2, 0.25) is 0 Å². The fourth-order valence-electron chi connectivity index (χ4n) is 1.27. The molecular formula is C9H11BrN4. The first-order valence-electron chi connectivity index (χ1n) is 4.39. The van der Waals surface area contributed by atoms with E-state index in [2.05, 4.69) is 39.9 Å². The molecule has 0 unspecified atom stereocenters. The molecule has 0 aliphatic heterocycles. The summed E-state index contributed by atoms with van der Waals surface area (Å²) in [5.74, 6) is 0.980. The van der Waals surface area contributed by atoms with E-state index in [-0.39, 0.29) is 0 Å². The van der Waals surface area contributed by atoms with Gasteiger partial charge in [0, 0.05) is 11.8 Å². The maximum atomic E-state index is 5.85. The van der Waals surface area contributed by atoms with Gasteiger partial charge in [-0.1, -0.05) is 13.8 Å². The van der Waals surface area contributed by atoms with Crippen LogP contribution in [0.15, 0.2) is 16.7 Å². The van der Waals surface area contributed by atoms with Crippen LogP contribution in [0.4, 0.5) is 5.82 Å². The normalized spacial score (nSPS) is 11.4. The minimum absolute atomic E-state index is 0.365. The molecule has 0 amide bonds. The molecule has 2 heterocycles. The number of nitrogen functional groups attached to an aromatic ring is 1. The average molecular weight is 255 g/mol. The lowest BCUT2D eigenvalue weighted by molar-refractivity contribution is 0.812. The highest BCUT2D eigenvalue weighted by molar-refractivity contribution is 9.10. The van der Waals surface area contributed by atoms with Crippen molar-refractivity contribution in [2.24, 2.45) is 0 Å². The van der Waals surface area contributed by atoms with Crippen LogP contribution in [0.25, 0.3) is 5.65 Å². The van der Waals surface area contributed by atoms with Gasteiger partial charge < -0.3 is 5.73 Å². The second-order valence-electron chi connectivity index (χ2n) is 3.49. The predicted molar refractivity (Wildman–Crippen MR) is 59.2 cm³/mol. The number of hydrogen-bond acceptors (Lipinski definition) is 3. The van der Waals surface area contributed by atoms with Crippen LogP contribution >= 0.6 is 15.9 Å². The molecule has 0 aliphatic rings. The molecule has 0 radical (unpaired) electrons. The molecule has 14 heavy (non-hydrogen) atoms. The number of halogens is 1. The lowest BCUT2D eigenvalue weighted by Crippen LogP contribution is -2.03. The first-order chi connectivity index (χ1) is 6.59. The van der Waals surface area contributed by atoms with E-state index in [0.29, 0.717) is 11.7 Å². The summed E-state index contributed by atoms with van der Waals surface area (Å²) in [7, 11) is 0. The zero-order valence-electron chi connectivity index (χ0n) is 8.03. The summed E-state index contributed by atoms with van der Waals surface area (Å²) in [6.07, 6.45) is 1.70. The van der Waals surface area contributed by atoms with Crippen LogP contribution in [-0.4, -0.2) is 14.6 Å². The van der Waals surface area contributed by atoms with Gasteiger partial charge in [0.05, 0.1) is 10.7 Å². The molecule has 0 aromatic carbocycles. The first-order valence-corrected chi connectivity index (χ1v) is 5.18. The number of fused-ring (bicyclic) bond motifs is 1. The van der Waals surface area contributed by atoms with E-state index in [4.69, 9.17) is 5.73 Å². The van der Waals surface area contributed by atoms with Crippen molar-refractivity contribution in [3.63, 3.8) is 0 Å². The van der Waals surface area contributed by atoms with Crippen LogP contribution in [-0.2, 0) is 0 Å². The highest BCUT2D eigenvalue weighted by atomic mass is 79.9. The number of rotatable bonds is 1. The van der Waals surface area contributed by atoms with E-state index in [1.807, 2.05) is 6.07 Å². The van der Waals surface area contributed by atoms with Crippen LogP contribution in [0.1, 0.15) is 25.5 Å². The van der Waals surface area contributed by atoms with Crippen molar-refractivity contribution < 1.29 is 0 Å². The lowest BCUT2D eigenvalue weighted by Gasteiger charge is -2.06. The van der Waals surface area contributed by atoms with E-state index in [9.17, 15) is 0 Å². The Labute approximate surface area is 90.3 Å². The molecule has 0 saturated carbocycles. The molecule has 0 fully saturated rings. The number of aromatic nitrogens is 3. The third kappa shape index (κ3) is 1.37. The summed E-state index contributed by atoms with van der Waals surface area (Å²) in [5, 5.41) is 4.10. The zero-order valence-corrected chi connectivity index (χ0v) is 9.62. The Morgan fingerprint density at radius 2 is 2.21 bits per heavy atom. The molecule has 0 bridgehead atoms. The Hall–Kier alpha value is -1.10. The van der Waals surface area contributed by atoms with Crippen molar-refractivity contribution in [1.29, 1.82) is 0 Å². The van der Waals surface area contributed by atoms with Gasteiger partial charge in [0.2, 0.25) is 0 Å². The largest absolute Gasteiger partial charge is 0.384 e. The monoisotopic (exact) mass is 254 g/mol. The molecule has 2 aromatic rings. The maximum Gasteiger partial charge on any atom is 0.171 e. The highest BCUT2D eigenvalue weighted by Gasteiger charge is 2.09. The SMILES string of the molecule is CC(C)c1cc(N)n2ncc(Br)c2n1. The summed E-state index contributed by atoms with van der Waals surface area (Å²) in [4.78, 5) is 4.47. The fourth-order valence-corrected chi connectivity index (χ4v) is 1.62. The van der Waals surface area contributed by atoms with Crippen molar-refractivity contribution in [2.45, 2.75) is 19.8 Å². The smallest absolute Gasteiger partial charge is 0.171 e. The quantitative estimate of drug-likeness (QED) is 0.849. The molecule has 0 atom stereocenters. The van der Waals surface area contributed by atoms with Gasteiger partial charge in [-0.3, -0.25) is 0 Å². The summed E-state index contributed by atoms with van der Waals surface area (Å²) < 4.78 is 2.49. The Morgan fingerprint density at radius 3 is 2.86 bits per heavy atom. The number of nitrogens with zero attached hydrogens (tertiary/aromatic N) is 3. The van der Waals surface area contributed by atoms with E-state index >= 15 is 0 Å². The van der Waals surface area contributed by atoms with Gasteiger partial charge in [-0.2, -0.15) is 9.61 Å². The summed E-state index contributed by atoms with van der Waals surface area (Å²) in [6, 6.07) is 1.86. The van der Waals surface area contributed by atoms with Crippen molar-refractivity contribution >= 4 is 27.4 Å². The van der Waals surface area contributed by atoms with Crippen molar-refractivity contribution in [2.75, 3.05) is 5.73 Å². The Kier molecular flexibility index (Phi) is 2.19. The third-order valence-corrected chi connectivity index (χ3v) is 2.63. The van der Waals surface area contributed by atoms with Crippen LogP contribution in [0.5, 0.6) is 0 Å². The molecule has 0 spiro atoms. The van der Waals surface area contributed by atoms with Gasteiger partial charge in [-0.05, 0) is 21.8 Å². The van der Waals surface area contributed by atoms with Crippen LogP contribution in [0, 0.1) is 0 Å². The van der Waals surface area contributed by atoms with Gasteiger partial charge in [-0.15, -0.1) is 0 Å². The molecule has 2 N–H and O–H groups in total. The standard InChI is InChI=1S/C9H11BrN4/c1-5(2)7-3-8(11)14-9(13-7)6(10)4-12-14/h3-5H,11H2,1-2H3. The topological polar surface area (TPSA) is 56.2 Å². The number of anilines is 1. The van der Waals surface area contributed by atoms with E-state index in [0.717, 1.165) is 15.8 Å². The molecule has 2 aromatic heterocycles. The van der Waals surface area contributed by atoms with Gasteiger partial charge in [-0.25, -0.2) is 4.98 Å². The first kappa shape index (κ1) is 9.45. The van der Waals surface area contributed by atoms with Crippen LogP contribution < -0.4 is 5.73 Å². The Balaban J connectivity index is 2.75. The van der Waals surface area contributed by atoms with Crippen LogP contribution in [0.3, 0.4) is 0 Å². The lowest BCUT2D eigenvalue weighted by atomic mass is 10.1. The summed E-state index contributed by atoms with van der Waals surface area (Å²) in [6.45, 7) is 4.17. The number of hydrogen-bond donors (Lipinski definition) is 1. The second kappa shape index (κ2) is 3.24. The van der Waals surface area contributed by atoms with Crippen molar-refractivity contribution in [1.82, 2.24) is 14.6 Å². The third-order valence-electron chi connectivity index (χ3n) is 2.07. The zero-order chi connectivity index (χ0) is 10.3. The molecular weight excluding hydrogens is 244 g/mol. The number of nitrogens with two attached hydrogens (primary N) is 1. The van der Waals surface area contributed by atoms with Gasteiger partial charge in [0.1, 0.15) is 5.82 Å². The van der Waals surface area contributed by atoms with Gasteiger partial charge in [0.15, 0.2) is 5.65 Å². The summed E-state index contributed by atoms with van der Waals surface area (Å²) in [5.41, 5.74) is 7.60. The molecule has 4 nitrogen and oxygen atoms in total. The van der Waals surface area contributed by atoms with E-state index in [1.165, 1.54) is 0 Å². The summed E-state index contributed by atoms with van der Waals surface area (Å²) >= 11 is 3.38. The second-order valence-corrected chi connectivity index (χ2v) is 4.34. The Bertz CT molecular complexity index is 475. The predicted octanol–water partition coefficient (Wildman–Crippen LogP) is 2.20. The molecule has 0 aliphatic carbocycles. The van der Waals surface area contributed by atoms with Crippen molar-refractivity contribution in [3.8, 4) is 0 Å². The van der Waals surface area contributed by atoms with E-state index in [1.54, 1.807) is 10.7 Å². The maximum absolute atomic E-state index is 5.85. The minimum atomic E-state index is 0.365. The van der Waals surface area contributed by atoms with Gasteiger partial charge >= 0.3 is 0 Å².